The first-order valence-electron chi connectivity index (χ1n) is 12.4. The predicted molar refractivity (Wildman–Crippen MR) is 154 cm³/mol. The Bertz CT molecular complexity index is 1370. The third-order valence-electron chi connectivity index (χ3n) is 7.85. The van der Waals surface area contributed by atoms with Crippen LogP contribution in [0, 0.1) is 0 Å². The second kappa shape index (κ2) is 8.51. The normalized spacial score (nSPS) is 20.0. The molecule has 0 aliphatic heterocycles. The van der Waals surface area contributed by atoms with Crippen molar-refractivity contribution in [3.63, 3.8) is 0 Å². The summed E-state index contributed by atoms with van der Waals surface area (Å²) < 4.78 is 0. The van der Waals surface area contributed by atoms with E-state index in [-0.39, 0.29) is 11.1 Å². The number of hydrogen-bond donors (Lipinski definition) is 0. The summed E-state index contributed by atoms with van der Waals surface area (Å²) >= 11 is 7.85. The topological polar surface area (TPSA) is 0 Å². The molecule has 0 amide bonds. The zero-order valence-corrected chi connectivity index (χ0v) is 22.2. The zero-order valence-electron chi connectivity index (χ0n) is 20.4. The highest BCUT2D eigenvalue weighted by Crippen LogP contribution is 2.55. The predicted octanol–water partition coefficient (Wildman–Crippen LogP) is 9.61. The van der Waals surface area contributed by atoms with Crippen molar-refractivity contribution in [2.45, 2.75) is 31.5 Å². The fourth-order valence-corrected chi connectivity index (χ4v) is 12.2. The zero-order chi connectivity index (χ0) is 24.2. The standard InChI is InChI=1S/C33H29ClSi/c1-22-20-30-26(24-12-6-4-7-13-24)16-10-18-28(30)32(22)35(3,34)33-23(2)21-31-27(17-11-19-29(31)33)25-14-8-5-9-15-25/h4-21,32-33H,1-3H3. The highest BCUT2D eigenvalue weighted by molar-refractivity contribution is 7.21. The van der Waals surface area contributed by atoms with Gasteiger partial charge in [0.25, 0.3) is 0 Å². The van der Waals surface area contributed by atoms with Crippen molar-refractivity contribution in [2.75, 3.05) is 0 Å². The Balaban J connectivity index is 1.46. The van der Waals surface area contributed by atoms with Crippen LogP contribution in [0.2, 0.25) is 6.55 Å². The summed E-state index contributed by atoms with van der Waals surface area (Å²) in [6.07, 6.45) is 4.79. The Morgan fingerprint density at radius 2 is 0.943 bits per heavy atom. The first kappa shape index (κ1) is 22.3. The fourth-order valence-electron chi connectivity index (χ4n) is 6.51. The lowest BCUT2D eigenvalue weighted by Crippen LogP contribution is -2.40. The Hall–Kier alpha value is -3.13. The molecule has 35 heavy (non-hydrogen) atoms. The summed E-state index contributed by atoms with van der Waals surface area (Å²) in [5.41, 5.74) is 14.0. The summed E-state index contributed by atoms with van der Waals surface area (Å²) in [7, 11) is -2.38. The second-order valence-electron chi connectivity index (χ2n) is 10.1. The minimum Gasteiger partial charge on any atom is -0.165 e. The quantitative estimate of drug-likeness (QED) is 0.198. The van der Waals surface area contributed by atoms with Crippen molar-refractivity contribution in [1.82, 2.24) is 0 Å². The molecular formula is C33H29ClSi. The molecule has 0 N–H and O–H groups in total. The van der Waals surface area contributed by atoms with E-state index in [1.54, 1.807) is 0 Å². The van der Waals surface area contributed by atoms with Crippen molar-refractivity contribution in [1.29, 1.82) is 0 Å². The van der Waals surface area contributed by atoms with Crippen LogP contribution in [0.5, 0.6) is 0 Å². The smallest absolute Gasteiger partial charge is 0.165 e. The van der Waals surface area contributed by atoms with Gasteiger partial charge in [-0.3, -0.25) is 0 Å². The van der Waals surface area contributed by atoms with E-state index in [1.165, 1.54) is 55.7 Å². The summed E-state index contributed by atoms with van der Waals surface area (Å²) in [5, 5.41) is 0. The van der Waals surface area contributed by atoms with E-state index < -0.39 is 7.38 Å². The molecule has 2 aliphatic rings. The van der Waals surface area contributed by atoms with Crippen LogP contribution in [0.15, 0.2) is 108 Å². The van der Waals surface area contributed by atoms with Crippen molar-refractivity contribution in [2.24, 2.45) is 0 Å². The molecule has 4 aromatic rings. The first-order chi connectivity index (χ1) is 17.0. The number of rotatable bonds is 4. The molecule has 0 heterocycles. The molecule has 4 aromatic carbocycles. The molecule has 0 radical (unpaired) electrons. The molecule has 2 heteroatoms. The third-order valence-corrected chi connectivity index (χ3v) is 13.0. The number of allylic oxidation sites excluding steroid dienone is 2. The van der Waals surface area contributed by atoms with Gasteiger partial charge >= 0.3 is 0 Å². The molecule has 172 valence electrons. The van der Waals surface area contributed by atoms with Gasteiger partial charge in [0.2, 0.25) is 0 Å². The fraction of sp³-hybridized carbons (Fsp3) is 0.152. The van der Waals surface area contributed by atoms with Crippen molar-refractivity contribution >= 4 is 30.6 Å². The van der Waals surface area contributed by atoms with E-state index in [0.717, 1.165) is 0 Å². The van der Waals surface area contributed by atoms with Gasteiger partial charge in [-0.05, 0) is 58.4 Å². The summed E-state index contributed by atoms with van der Waals surface area (Å²) in [6.45, 7) is 6.94. The average molecular weight is 489 g/mol. The van der Waals surface area contributed by atoms with Crippen LogP contribution in [-0.4, -0.2) is 7.38 Å². The van der Waals surface area contributed by atoms with Crippen LogP contribution in [0.3, 0.4) is 0 Å². The van der Waals surface area contributed by atoms with Crippen LogP contribution in [0.4, 0.5) is 0 Å². The third kappa shape index (κ3) is 3.57. The monoisotopic (exact) mass is 488 g/mol. The molecule has 6 rings (SSSR count). The molecule has 0 spiro atoms. The molecule has 0 aromatic heterocycles. The molecule has 0 nitrogen and oxygen atoms in total. The molecule has 2 aliphatic carbocycles. The molecule has 0 saturated carbocycles. The lowest BCUT2D eigenvalue weighted by molar-refractivity contribution is 0.994. The van der Waals surface area contributed by atoms with Crippen LogP contribution in [0.1, 0.15) is 47.2 Å². The molecule has 0 saturated heterocycles. The van der Waals surface area contributed by atoms with E-state index in [0.29, 0.717) is 0 Å². The van der Waals surface area contributed by atoms with Crippen molar-refractivity contribution < 1.29 is 0 Å². The molecule has 0 bridgehead atoms. The maximum Gasteiger partial charge on any atom is 0.176 e. The maximum atomic E-state index is 7.85. The Morgan fingerprint density at radius 1 is 0.543 bits per heavy atom. The van der Waals surface area contributed by atoms with Gasteiger partial charge in [0.15, 0.2) is 7.38 Å². The molecule has 2 unspecified atom stereocenters. The molecular weight excluding hydrogens is 460 g/mol. The van der Waals surface area contributed by atoms with Crippen LogP contribution >= 0.6 is 11.1 Å². The second-order valence-corrected chi connectivity index (χ2v) is 16.0. The largest absolute Gasteiger partial charge is 0.176 e. The van der Waals surface area contributed by atoms with Gasteiger partial charge in [-0.15, -0.1) is 0 Å². The SMILES string of the molecule is CC1=Cc2c(-c3ccccc3)cccc2C1[Si](C)(Cl)C1C(C)=Cc2c(-c3ccccc3)cccc21. The highest BCUT2D eigenvalue weighted by atomic mass is 35.6. The van der Waals surface area contributed by atoms with Crippen molar-refractivity contribution in [3.05, 3.63) is 130 Å². The maximum absolute atomic E-state index is 7.85. The highest BCUT2D eigenvalue weighted by Gasteiger charge is 2.49. The van der Waals surface area contributed by atoms with Gasteiger partial charge in [-0.1, -0.05) is 127 Å². The van der Waals surface area contributed by atoms with E-state index in [2.05, 4.69) is 130 Å². The number of fused-ring (bicyclic) bond motifs is 2. The van der Waals surface area contributed by atoms with E-state index in [4.69, 9.17) is 11.1 Å². The van der Waals surface area contributed by atoms with Gasteiger partial charge < -0.3 is 0 Å². The van der Waals surface area contributed by atoms with E-state index in [9.17, 15) is 0 Å². The van der Waals surface area contributed by atoms with Gasteiger partial charge in [0.1, 0.15) is 0 Å². The van der Waals surface area contributed by atoms with Crippen molar-refractivity contribution in [3.8, 4) is 22.3 Å². The summed E-state index contributed by atoms with van der Waals surface area (Å²) in [6, 6.07) is 35.0. The summed E-state index contributed by atoms with van der Waals surface area (Å²) in [4.78, 5) is 0. The van der Waals surface area contributed by atoms with Gasteiger partial charge in [-0.25, -0.2) is 0 Å². The van der Waals surface area contributed by atoms with Crippen LogP contribution in [0.25, 0.3) is 34.4 Å². The van der Waals surface area contributed by atoms with Crippen LogP contribution < -0.4 is 0 Å². The van der Waals surface area contributed by atoms with E-state index >= 15 is 0 Å². The first-order valence-corrected chi connectivity index (χ1v) is 16.1. The Labute approximate surface area is 214 Å². The number of halogens is 1. The van der Waals surface area contributed by atoms with Gasteiger partial charge in [0.05, 0.1) is 0 Å². The van der Waals surface area contributed by atoms with E-state index in [1.807, 2.05) is 0 Å². The molecule has 0 fully saturated rings. The van der Waals surface area contributed by atoms with Crippen LogP contribution in [-0.2, 0) is 0 Å². The van der Waals surface area contributed by atoms with Gasteiger partial charge in [0, 0.05) is 11.1 Å². The lowest BCUT2D eigenvalue weighted by atomic mass is 9.97. The average Bonchev–Trinajstić information content (AvgIpc) is 3.41. The Kier molecular flexibility index (Phi) is 5.43. The number of hydrogen-bond acceptors (Lipinski definition) is 0. The summed E-state index contributed by atoms with van der Waals surface area (Å²) in [5.74, 6) is 0. The number of benzene rings is 4. The minimum absolute atomic E-state index is 0.280. The van der Waals surface area contributed by atoms with Gasteiger partial charge in [-0.2, -0.15) is 11.1 Å². The lowest BCUT2D eigenvalue weighted by Gasteiger charge is -2.36. The Morgan fingerprint density at radius 3 is 1.34 bits per heavy atom. The minimum atomic E-state index is -2.38. The molecule has 2 atom stereocenters.